The van der Waals surface area contributed by atoms with Crippen molar-refractivity contribution in [2.24, 2.45) is 5.41 Å². The van der Waals surface area contributed by atoms with Crippen LogP contribution < -0.4 is 0 Å². The summed E-state index contributed by atoms with van der Waals surface area (Å²) in [5.74, 6) is 0.271. The number of amides is 2. The molecule has 2 amide bonds. The first-order chi connectivity index (χ1) is 14.2. The Balaban J connectivity index is 1.24. The van der Waals surface area contributed by atoms with E-state index in [9.17, 15) is 9.59 Å². The molecule has 1 aromatic carbocycles. The van der Waals surface area contributed by atoms with E-state index >= 15 is 0 Å². The minimum Gasteiger partial charge on any atom is -0.379 e. The lowest BCUT2D eigenvalue weighted by atomic mass is 9.85. The van der Waals surface area contributed by atoms with E-state index in [1.165, 1.54) is 0 Å². The quantitative estimate of drug-likeness (QED) is 0.852. The molecule has 3 aliphatic rings. The van der Waals surface area contributed by atoms with E-state index in [1.807, 2.05) is 40.3 Å². The van der Waals surface area contributed by atoms with Gasteiger partial charge in [0.1, 0.15) is 0 Å². The number of H-pyrrole nitrogens is 1. The van der Waals surface area contributed by atoms with Gasteiger partial charge in [-0.25, -0.2) is 0 Å². The van der Waals surface area contributed by atoms with Gasteiger partial charge in [-0.1, -0.05) is 6.07 Å². The van der Waals surface area contributed by atoms with Gasteiger partial charge in [-0.2, -0.15) is 0 Å². The van der Waals surface area contributed by atoms with Gasteiger partial charge >= 0.3 is 0 Å². The predicted octanol–water partition coefficient (Wildman–Crippen LogP) is 1.56. The van der Waals surface area contributed by atoms with E-state index in [-0.39, 0.29) is 17.2 Å². The Hall–Kier alpha value is -2.38. The van der Waals surface area contributed by atoms with Crippen LogP contribution in [0.25, 0.3) is 10.9 Å². The fourth-order valence-electron chi connectivity index (χ4n) is 5.06. The third-order valence-corrected chi connectivity index (χ3v) is 6.86. The Morgan fingerprint density at radius 1 is 1.07 bits per heavy atom. The van der Waals surface area contributed by atoms with Crippen LogP contribution >= 0.6 is 0 Å². The van der Waals surface area contributed by atoms with Crippen molar-refractivity contribution in [1.82, 2.24) is 19.7 Å². The number of likely N-dealkylation sites (tertiary alicyclic amines) is 2. The number of aromatic amines is 1. The first-order valence-corrected chi connectivity index (χ1v) is 10.6. The van der Waals surface area contributed by atoms with Crippen LogP contribution in [0.5, 0.6) is 0 Å². The lowest BCUT2D eigenvalue weighted by Gasteiger charge is -2.29. The zero-order valence-corrected chi connectivity index (χ0v) is 16.7. The number of carbonyl (C=O) groups is 2. The highest BCUT2D eigenvalue weighted by Crippen LogP contribution is 2.41. The predicted molar refractivity (Wildman–Crippen MR) is 110 cm³/mol. The first-order valence-electron chi connectivity index (χ1n) is 10.6. The molecule has 1 unspecified atom stereocenters. The summed E-state index contributed by atoms with van der Waals surface area (Å²) in [7, 11) is 0. The Labute approximate surface area is 170 Å². The van der Waals surface area contributed by atoms with E-state index < -0.39 is 0 Å². The van der Waals surface area contributed by atoms with Crippen LogP contribution in [-0.4, -0.2) is 90.5 Å². The summed E-state index contributed by atoms with van der Waals surface area (Å²) >= 11 is 0. The normalized spacial score (nSPS) is 25.6. The molecule has 7 nitrogen and oxygen atoms in total. The highest BCUT2D eigenvalue weighted by Gasteiger charge is 2.51. The van der Waals surface area contributed by atoms with Crippen LogP contribution in [0.1, 0.15) is 23.2 Å². The van der Waals surface area contributed by atoms with Gasteiger partial charge in [-0.3, -0.25) is 14.5 Å². The average molecular weight is 396 g/mol. The zero-order chi connectivity index (χ0) is 19.8. The van der Waals surface area contributed by atoms with E-state index in [1.54, 1.807) is 0 Å². The van der Waals surface area contributed by atoms with Crippen molar-refractivity contribution < 1.29 is 14.3 Å². The maximum Gasteiger partial charge on any atom is 0.254 e. The molecule has 5 rings (SSSR count). The number of hydrogen-bond acceptors (Lipinski definition) is 4. The van der Waals surface area contributed by atoms with E-state index in [0.29, 0.717) is 13.1 Å². The van der Waals surface area contributed by atoms with Gasteiger partial charge in [-0.05, 0) is 31.0 Å². The van der Waals surface area contributed by atoms with Crippen molar-refractivity contribution in [3.05, 3.63) is 36.0 Å². The summed E-state index contributed by atoms with van der Waals surface area (Å²) in [5.41, 5.74) is 1.30. The topological polar surface area (TPSA) is 68.9 Å². The average Bonchev–Trinajstić information content (AvgIpc) is 3.47. The standard InChI is InChI=1S/C22H28N4O3/c27-20(18-2-1-3-19-17(18)4-7-23-19)26-9-6-22(16-26)5-8-25(21(22)28)11-10-24-12-14-29-15-13-24/h1-4,7,23H,5-6,8-16H2. The number of carbonyl (C=O) groups excluding carboxylic acids is 2. The molecule has 4 heterocycles. The van der Waals surface area contributed by atoms with Crippen LogP contribution in [0.3, 0.4) is 0 Å². The lowest BCUT2D eigenvalue weighted by molar-refractivity contribution is -0.135. The number of aromatic nitrogens is 1. The Kier molecular flexibility index (Phi) is 4.80. The molecular formula is C22H28N4O3. The van der Waals surface area contributed by atoms with E-state index in [0.717, 1.165) is 75.2 Å². The molecule has 154 valence electrons. The second kappa shape index (κ2) is 7.46. The minimum absolute atomic E-state index is 0.0339. The molecule has 7 heteroatoms. The maximum atomic E-state index is 13.2. The number of nitrogens with one attached hydrogen (secondary N) is 1. The summed E-state index contributed by atoms with van der Waals surface area (Å²) in [6.07, 6.45) is 3.49. The monoisotopic (exact) mass is 396 g/mol. The molecule has 1 spiro atoms. The Bertz CT molecular complexity index is 920. The SMILES string of the molecule is O=C(c1cccc2[nH]ccc12)N1CCC2(CCN(CCN3CCOCC3)C2=O)C1. The Morgan fingerprint density at radius 2 is 1.90 bits per heavy atom. The van der Waals surface area contributed by atoms with E-state index in [4.69, 9.17) is 4.74 Å². The highest BCUT2D eigenvalue weighted by molar-refractivity contribution is 6.06. The lowest BCUT2D eigenvalue weighted by Crippen LogP contribution is -2.43. The minimum atomic E-state index is -0.382. The van der Waals surface area contributed by atoms with Crippen molar-refractivity contribution >= 4 is 22.7 Å². The van der Waals surface area contributed by atoms with Gasteiger partial charge < -0.3 is 19.5 Å². The summed E-state index contributed by atoms with van der Waals surface area (Å²) in [6, 6.07) is 7.72. The van der Waals surface area contributed by atoms with Crippen LogP contribution in [0, 0.1) is 5.41 Å². The molecule has 0 aliphatic carbocycles. The Morgan fingerprint density at radius 3 is 2.76 bits per heavy atom. The third kappa shape index (κ3) is 3.32. The summed E-state index contributed by atoms with van der Waals surface area (Å²) in [4.78, 5) is 35.8. The second-order valence-corrected chi connectivity index (χ2v) is 8.50. The van der Waals surface area contributed by atoms with Gasteiger partial charge in [0.2, 0.25) is 5.91 Å². The molecule has 1 aromatic heterocycles. The van der Waals surface area contributed by atoms with Crippen molar-refractivity contribution in [2.75, 3.05) is 59.0 Å². The van der Waals surface area contributed by atoms with Crippen molar-refractivity contribution in [1.29, 1.82) is 0 Å². The fraction of sp³-hybridized carbons (Fsp3) is 0.545. The molecule has 2 aromatic rings. The number of hydrogen-bond donors (Lipinski definition) is 1. The van der Waals surface area contributed by atoms with Gasteiger partial charge in [-0.15, -0.1) is 0 Å². The summed E-state index contributed by atoms with van der Waals surface area (Å²) in [5, 5.41) is 0.948. The van der Waals surface area contributed by atoms with Crippen molar-refractivity contribution in [3.8, 4) is 0 Å². The molecule has 29 heavy (non-hydrogen) atoms. The molecule has 3 saturated heterocycles. The molecular weight excluding hydrogens is 368 g/mol. The molecule has 1 atom stereocenters. The molecule has 1 N–H and O–H groups in total. The van der Waals surface area contributed by atoms with E-state index in [2.05, 4.69) is 9.88 Å². The zero-order valence-electron chi connectivity index (χ0n) is 16.7. The summed E-state index contributed by atoms with van der Waals surface area (Å²) in [6.45, 7) is 7.13. The molecule has 0 saturated carbocycles. The van der Waals surface area contributed by atoms with Crippen molar-refractivity contribution in [2.45, 2.75) is 12.8 Å². The first kappa shape index (κ1) is 18.6. The highest BCUT2D eigenvalue weighted by atomic mass is 16.5. The van der Waals surface area contributed by atoms with Gasteiger partial charge in [0.25, 0.3) is 5.91 Å². The second-order valence-electron chi connectivity index (χ2n) is 8.50. The fourth-order valence-corrected chi connectivity index (χ4v) is 5.06. The van der Waals surface area contributed by atoms with Crippen LogP contribution in [-0.2, 0) is 9.53 Å². The number of benzene rings is 1. The van der Waals surface area contributed by atoms with Gasteiger partial charge in [0, 0.05) is 68.5 Å². The maximum absolute atomic E-state index is 13.2. The smallest absolute Gasteiger partial charge is 0.254 e. The number of nitrogens with zero attached hydrogens (tertiary/aromatic N) is 3. The van der Waals surface area contributed by atoms with Crippen molar-refractivity contribution in [3.63, 3.8) is 0 Å². The molecule has 0 bridgehead atoms. The largest absolute Gasteiger partial charge is 0.379 e. The van der Waals surface area contributed by atoms with Crippen LogP contribution in [0.15, 0.2) is 30.5 Å². The van der Waals surface area contributed by atoms with Gasteiger partial charge in [0.05, 0.1) is 18.6 Å². The third-order valence-electron chi connectivity index (χ3n) is 6.86. The summed E-state index contributed by atoms with van der Waals surface area (Å²) < 4.78 is 5.40. The number of fused-ring (bicyclic) bond motifs is 1. The van der Waals surface area contributed by atoms with Crippen LogP contribution in [0.4, 0.5) is 0 Å². The number of ether oxygens (including phenoxy) is 1. The molecule has 3 fully saturated rings. The molecule has 0 radical (unpaired) electrons. The van der Waals surface area contributed by atoms with Gasteiger partial charge in [0.15, 0.2) is 0 Å². The van der Waals surface area contributed by atoms with Crippen LogP contribution in [0.2, 0.25) is 0 Å². The number of rotatable bonds is 4. The molecule has 3 aliphatic heterocycles. The number of morpholine rings is 1.